The molecule has 2 rings (SSSR count). The summed E-state index contributed by atoms with van der Waals surface area (Å²) in [5.74, 6) is 0.160. The number of rotatable bonds is 4. The van der Waals surface area contributed by atoms with Gasteiger partial charge in [-0.15, -0.1) is 0 Å². The second kappa shape index (κ2) is 5.35. The van der Waals surface area contributed by atoms with E-state index in [0.29, 0.717) is 0 Å². The van der Waals surface area contributed by atoms with Crippen LogP contribution in [0.4, 0.5) is 5.69 Å². The Hall–Kier alpha value is -1.33. The summed E-state index contributed by atoms with van der Waals surface area (Å²) >= 11 is 0. The summed E-state index contributed by atoms with van der Waals surface area (Å²) in [4.78, 5) is 2.05. The topological polar surface area (TPSA) is 49.4 Å². The lowest BCUT2D eigenvalue weighted by atomic mass is 10.1. The van der Waals surface area contributed by atoms with Crippen molar-refractivity contribution in [3.05, 3.63) is 41.3 Å². The molecule has 0 aromatic heterocycles. The average Bonchev–Trinajstić information content (AvgIpc) is 2.68. The van der Waals surface area contributed by atoms with Crippen molar-refractivity contribution in [2.75, 3.05) is 24.7 Å². The van der Waals surface area contributed by atoms with Crippen LogP contribution in [-0.4, -0.2) is 34.3 Å². The number of anilines is 1. The van der Waals surface area contributed by atoms with Crippen LogP contribution in [0.15, 0.2) is 35.7 Å². The van der Waals surface area contributed by atoms with Crippen molar-refractivity contribution in [3.63, 3.8) is 0 Å². The van der Waals surface area contributed by atoms with Gasteiger partial charge < -0.3 is 10.2 Å². The van der Waals surface area contributed by atoms with E-state index in [9.17, 15) is 8.42 Å². The van der Waals surface area contributed by atoms with Gasteiger partial charge in [-0.05, 0) is 24.6 Å². The normalized spacial score (nSPS) is 22.4. The van der Waals surface area contributed by atoms with E-state index in [0.717, 1.165) is 11.3 Å². The first-order chi connectivity index (χ1) is 8.87. The molecule has 1 aliphatic rings. The third-order valence-corrected chi connectivity index (χ3v) is 4.70. The lowest BCUT2D eigenvalue weighted by Crippen LogP contribution is -2.32. The number of nitrogens with zero attached hydrogens (tertiary/aromatic N) is 1. The van der Waals surface area contributed by atoms with Crippen molar-refractivity contribution < 1.29 is 8.42 Å². The zero-order valence-electron chi connectivity index (χ0n) is 11.5. The third kappa shape index (κ3) is 3.58. The molecular weight excluding hydrogens is 260 g/mol. The Kier molecular flexibility index (Phi) is 3.96. The van der Waals surface area contributed by atoms with E-state index < -0.39 is 9.84 Å². The molecule has 0 radical (unpaired) electrons. The highest BCUT2D eigenvalue weighted by Gasteiger charge is 2.22. The van der Waals surface area contributed by atoms with Crippen LogP contribution in [0.5, 0.6) is 0 Å². The molecule has 0 spiro atoms. The maximum absolute atomic E-state index is 11.3. The minimum absolute atomic E-state index is 0.0893. The van der Waals surface area contributed by atoms with E-state index in [1.807, 2.05) is 25.9 Å². The van der Waals surface area contributed by atoms with Gasteiger partial charge in [0.2, 0.25) is 0 Å². The Morgan fingerprint density at radius 1 is 1.26 bits per heavy atom. The zero-order chi connectivity index (χ0) is 14.0. The van der Waals surface area contributed by atoms with E-state index in [2.05, 4.69) is 29.6 Å². The van der Waals surface area contributed by atoms with Gasteiger partial charge in [-0.25, -0.2) is 8.42 Å². The Morgan fingerprint density at radius 2 is 1.89 bits per heavy atom. The van der Waals surface area contributed by atoms with Crippen molar-refractivity contribution in [2.45, 2.75) is 19.0 Å². The molecule has 0 saturated heterocycles. The van der Waals surface area contributed by atoms with Crippen LogP contribution in [0, 0.1) is 0 Å². The molecule has 5 heteroatoms. The summed E-state index contributed by atoms with van der Waals surface area (Å²) in [6.45, 7) is 2.05. The van der Waals surface area contributed by atoms with Crippen LogP contribution in [-0.2, 0) is 9.84 Å². The van der Waals surface area contributed by atoms with Gasteiger partial charge >= 0.3 is 0 Å². The number of hydrogen-bond donors (Lipinski definition) is 1. The predicted octanol–water partition coefficient (Wildman–Crippen LogP) is 1.71. The highest BCUT2D eigenvalue weighted by atomic mass is 32.2. The first-order valence-corrected chi connectivity index (χ1v) is 8.03. The van der Waals surface area contributed by atoms with Crippen LogP contribution in [0.1, 0.15) is 18.5 Å². The van der Waals surface area contributed by atoms with Gasteiger partial charge in [0.05, 0.1) is 5.75 Å². The largest absolute Gasteiger partial charge is 0.378 e. The fourth-order valence-electron chi connectivity index (χ4n) is 2.16. The maximum Gasteiger partial charge on any atom is 0.173 e. The lowest BCUT2D eigenvalue weighted by molar-refractivity contribution is 0.535. The molecule has 0 fully saturated rings. The Balaban J connectivity index is 2.01. The molecule has 1 heterocycles. The van der Waals surface area contributed by atoms with E-state index in [4.69, 9.17) is 0 Å². The monoisotopic (exact) mass is 280 g/mol. The predicted molar refractivity (Wildman–Crippen MR) is 79.0 cm³/mol. The second-order valence-electron chi connectivity index (χ2n) is 5.14. The highest BCUT2D eigenvalue weighted by molar-refractivity contribution is 7.94. The van der Waals surface area contributed by atoms with Crippen molar-refractivity contribution in [3.8, 4) is 0 Å². The van der Waals surface area contributed by atoms with Gasteiger partial charge in [-0.1, -0.05) is 18.2 Å². The molecule has 19 heavy (non-hydrogen) atoms. The number of sulfone groups is 1. The molecule has 2 atom stereocenters. The number of benzene rings is 1. The summed E-state index contributed by atoms with van der Waals surface area (Å²) < 4.78 is 22.7. The standard InChI is InChI=1S/C14H20N2O2S/c1-11(15-13-8-9-19(17,18)10-13)12-4-6-14(7-5-12)16(2)3/h4-9,11,13,15H,10H2,1-3H3. The van der Waals surface area contributed by atoms with Gasteiger partial charge in [-0.2, -0.15) is 0 Å². The average molecular weight is 280 g/mol. The highest BCUT2D eigenvalue weighted by Crippen LogP contribution is 2.19. The van der Waals surface area contributed by atoms with E-state index in [1.54, 1.807) is 6.08 Å². The fourth-order valence-corrected chi connectivity index (χ4v) is 3.41. The molecule has 104 valence electrons. The molecule has 0 amide bonds. The van der Waals surface area contributed by atoms with Gasteiger partial charge in [0.1, 0.15) is 0 Å². The Bertz CT molecular complexity index is 562. The van der Waals surface area contributed by atoms with Gasteiger partial charge in [0.25, 0.3) is 0 Å². The molecule has 1 aromatic carbocycles. The van der Waals surface area contributed by atoms with Crippen LogP contribution >= 0.6 is 0 Å². The zero-order valence-corrected chi connectivity index (χ0v) is 12.3. The SMILES string of the molecule is CC(NC1C=CS(=O)(=O)C1)c1ccc(N(C)C)cc1. The van der Waals surface area contributed by atoms with E-state index in [-0.39, 0.29) is 17.8 Å². The summed E-state index contributed by atoms with van der Waals surface area (Å²) in [6.07, 6.45) is 1.72. The van der Waals surface area contributed by atoms with Crippen molar-refractivity contribution in [2.24, 2.45) is 0 Å². The Morgan fingerprint density at radius 3 is 2.37 bits per heavy atom. The summed E-state index contributed by atoms with van der Waals surface area (Å²) in [5, 5.41) is 4.62. The quantitative estimate of drug-likeness (QED) is 0.912. The van der Waals surface area contributed by atoms with Crippen LogP contribution in [0.3, 0.4) is 0 Å². The minimum Gasteiger partial charge on any atom is -0.378 e. The molecule has 2 unspecified atom stereocenters. The molecular formula is C14H20N2O2S. The maximum atomic E-state index is 11.3. The van der Waals surface area contributed by atoms with Gasteiger partial charge in [-0.3, -0.25) is 0 Å². The van der Waals surface area contributed by atoms with E-state index >= 15 is 0 Å². The molecule has 0 saturated carbocycles. The minimum atomic E-state index is -2.99. The first kappa shape index (κ1) is 14.1. The van der Waals surface area contributed by atoms with E-state index in [1.165, 1.54) is 5.41 Å². The first-order valence-electron chi connectivity index (χ1n) is 6.32. The summed E-state index contributed by atoms with van der Waals surface area (Å²) in [7, 11) is 1.02. The Labute approximate surface area is 115 Å². The summed E-state index contributed by atoms with van der Waals surface area (Å²) in [5.41, 5.74) is 2.31. The molecule has 0 bridgehead atoms. The number of nitrogens with one attached hydrogen (secondary N) is 1. The lowest BCUT2D eigenvalue weighted by Gasteiger charge is -2.19. The second-order valence-corrected chi connectivity index (χ2v) is 7.07. The van der Waals surface area contributed by atoms with Crippen molar-refractivity contribution in [1.29, 1.82) is 0 Å². The number of hydrogen-bond acceptors (Lipinski definition) is 4. The third-order valence-electron chi connectivity index (χ3n) is 3.30. The molecule has 0 aliphatic carbocycles. The van der Waals surface area contributed by atoms with Gasteiger partial charge in [0.15, 0.2) is 9.84 Å². The smallest absolute Gasteiger partial charge is 0.173 e. The van der Waals surface area contributed by atoms with Crippen molar-refractivity contribution >= 4 is 15.5 Å². The molecule has 1 aromatic rings. The van der Waals surface area contributed by atoms with Crippen LogP contribution in [0.25, 0.3) is 0 Å². The van der Waals surface area contributed by atoms with Crippen molar-refractivity contribution in [1.82, 2.24) is 5.32 Å². The fraction of sp³-hybridized carbons (Fsp3) is 0.429. The van der Waals surface area contributed by atoms with Gasteiger partial charge in [0, 0.05) is 37.3 Å². The van der Waals surface area contributed by atoms with Crippen LogP contribution in [0.2, 0.25) is 0 Å². The molecule has 1 aliphatic heterocycles. The van der Waals surface area contributed by atoms with Crippen LogP contribution < -0.4 is 10.2 Å². The summed E-state index contributed by atoms with van der Waals surface area (Å²) in [6, 6.07) is 8.30. The molecule has 4 nitrogen and oxygen atoms in total. The molecule has 1 N–H and O–H groups in total.